The summed E-state index contributed by atoms with van der Waals surface area (Å²) in [6.07, 6.45) is 0.203. The first-order valence-corrected chi connectivity index (χ1v) is 14.4. The zero-order chi connectivity index (χ0) is 27.9. The topological polar surface area (TPSA) is 86.8 Å². The SMILES string of the molecule is CCNC(=O)[C@H](Cc1ccccc1)N(Cc1c(Cl)cccc1Cl)C(=O)CN(C)S(=O)(=O)c1ccc(Cl)cc1. The number of rotatable bonds is 11. The number of halogens is 3. The van der Waals surface area contributed by atoms with Crippen molar-refractivity contribution in [2.75, 3.05) is 20.1 Å². The standard InChI is InChI=1S/C27H28Cl3N3O4S/c1-3-31-27(35)25(16-19-8-5-4-6-9-19)33(17-22-23(29)10-7-11-24(22)30)26(34)18-32(2)38(36,37)21-14-12-20(28)13-15-21/h4-15,25H,3,16-18H2,1-2H3,(H,31,35)/t25-/m0/s1. The molecule has 0 aliphatic heterocycles. The van der Waals surface area contributed by atoms with Gasteiger partial charge in [0.05, 0.1) is 11.4 Å². The average Bonchev–Trinajstić information content (AvgIpc) is 2.88. The van der Waals surface area contributed by atoms with Crippen molar-refractivity contribution in [3.63, 3.8) is 0 Å². The second kappa shape index (κ2) is 13.4. The van der Waals surface area contributed by atoms with Gasteiger partial charge in [-0.2, -0.15) is 4.31 Å². The highest BCUT2D eigenvalue weighted by molar-refractivity contribution is 7.89. The summed E-state index contributed by atoms with van der Waals surface area (Å²) in [5.74, 6) is -0.968. The van der Waals surface area contributed by atoms with Gasteiger partial charge in [0.1, 0.15) is 6.04 Å². The van der Waals surface area contributed by atoms with Gasteiger partial charge in [-0.3, -0.25) is 9.59 Å². The van der Waals surface area contributed by atoms with E-state index in [0.717, 1.165) is 9.87 Å². The minimum Gasteiger partial charge on any atom is -0.355 e. The third-order valence-corrected chi connectivity index (χ3v) is 8.67. The van der Waals surface area contributed by atoms with Crippen LogP contribution in [-0.4, -0.2) is 55.6 Å². The van der Waals surface area contributed by atoms with E-state index in [2.05, 4.69) is 5.32 Å². The van der Waals surface area contributed by atoms with Crippen LogP contribution in [0.5, 0.6) is 0 Å². The van der Waals surface area contributed by atoms with E-state index < -0.39 is 28.5 Å². The second-order valence-corrected chi connectivity index (χ2v) is 11.8. The van der Waals surface area contributed by atoms with Crippen LogP contribution in [0, 0.1) is 0 Å². The van der Waals surface area contributed by atoms with E-state index in [4.69, 9.17) is 34.8 Å². The van der Waals surface area contributed by atoms with E-state index in [1.54, 1.807) is 25.1 Å². The molecule has 3 aromatic rings. The Balaban J connectivity index is 2.00. The number of sulfonamides is 1. The molecule has 1 atom stereocenters. The highest BCUT2D eigenvalue weighted by Gasteiger charge is 2.33. The first-order chi connectivity index (χ1) is 18.0. The second-order valence-electron chi connectivity index (χ2n) is 8.54. The number of benzene rings is 3. The molecular weight excluding hydrogens is 569 g/mol. The maximum atomic E-state index is 13.8. The first kappa shape index (κ1) is 29.9. The predicted octanol–water partition coefficient (Wildman–Crippen LogP) is 5.04. The average molecular weight is 597 g/mol. The van der Waals surface area contributed by atoms with Gasteiger partial charge in [0.15, 0.2) is 0 Å². The highest BCUT2D eigenvalue weighted by atomic mass is 35.5. The maximum Gasteiger partial charge on any atom is 0.243 e. The molecule has 0 saturated heterocycles. The predicted molar refractivity (Wildman–Crippen MR) is 151 cm³/mol. The van der Waals surface area contributed by atoms with Gasteiger partial charge >= 0.3 is 0 Å². The van der Waals surface area contributed by atoms with Crippen LogP contribution in [-0.2, 0) is 32.6 Å². The number of hydrogen-bond donors (Lipinski definition) is 1. The summed E-state index contributed by atoms with van der Waals surface area (Å²) in [4.78, 5) is 28.4. The Bertz CT molecular complexity index is 1350. The van der Waals surface area contributed by atoms with Crippen molar-refractivity contribution >= 4 is 56.6 Å². The van der Waals surface area contributed by atoms with Gasteiger partial charge in [0.25, 0.3) is 0 Å². The summed E-state index contributed by atoms with van der Waals surface area (Å²) in [5.41, 5.74) is 1.28. The Morgan fingerprint density at radius 3 is 2.08 bits per heavy atom. The van der Waals surface area contributed by atoms with Crippen LogP contribution in [0.2, 0.25) is 15.1 Å². The molecule has 0 radical (unpaired) electrons. The molecule has 0 unspecified atom stereocenters. The molecule has 0 aromatic heterocycles. The molecule has 0 fully saturated rings. The van der Waals surface area contributed by atoms with Crippen molar-refractivity contribution in [2.45, 2.75) is 30.8 Å². The van der Waals surface area contributed by atoms with E-state index in [0.29, 0.717) is 27.2 Å². The quantitative estimate of drug-likeness (QED) is 0.336. The fourth-order valence-electron chi connectivity index (χ4n) is 3.85. The number of carbonyl (C=O) groups excluding carboxylic acids is 2. The zero-order valence-electron chi connectivity index (χ0n) is 20.9. The molecular formula is C27H28Cl3N3O4S. The van der Waals surface area contributed by atoms with Gasteiger partial charge < -0.3 is 10.2 Å². The summed E-state index contributed by atoms with van der Waals surface area (Å²) in [7, 11) is -2.71. The number of nitrogens with zero attached hydrogens (tertiary/aromatic N) is 2. The number of carbonyl (C=O) groups is 2. The highest BCUT2D eigenvalue weighted by Crippen LogP contribution is 2.27. The minimum absolute atomic E-state index is 0.0116. The van der Waals surface area contributed by atoms with Crippen molar-refractivity contribution in [1.82, 2.24) is 14.5 Å². The van der Waals surface area contributed by atoms with Crippen LogP contribution in [0.1, 0.15) is 18.1 Å². The van der Waals surface area contributed by atoms with Crippen molar-refractivity contribution in [3.05, 3.63) is 99.0 Å². The summed E-state index contributed by atoms with van der Waals surface area (Å²) in [5, 5.41) is 3.82. The minimum atomic E-state index is -4.01. The summed E-state index contributed by atoms with van der Waals surface area (Å²) < 4.78 is 27.3. The molecule has 0 spiro atoms. The molecule has 3 rings (SSSR count). The Morgan fingerprint density at radius 1 is 0.895 bits per heavy atom. The van der Waals surface area contributed by atoms with E-state index in [1.165, 1.54) is 36.2 Å². The van der Waals surface area contributed by atoms with Crippen LogP contribution in [0.15, 0.2) is 77.7 Å². The third kappa shape index (κ3) is 7.48. The molecule has 11 heteroatoms. The number of likely N-dealkylation sites (N-methyl/N-ethyl adjacent to an activating group) is 2. The van der Waals surface area contributed by atoms with Crippen LogP contribution < -0.4 is 5.32 Å². The van der Waals surface area contributed by atoms with Crippen LogP contribution >= 0.6 is 34.8 Å². The molecule has 0 heterocycles. The molecule has 0 saturated carbocycles. The normalized spacial score (nSPS) is 12.3. The summed E-state index contributed by atoms with van der Waals surface area (Å²) in [6, 6.07) is 18.9. The van der Waals surface area contributed by atoms with Crippen molar-refractivity contribution in [1.29, 1.82) is 0 Å². The summed E-state index contributed by atoms with van der Waals surface area (Å²) >= 11 is 18.7. The fourth-order valence-corrected chi connectivity index (χ4v) is 5.62. The van der Waals surface area contributed by atoms with Gasteiger partial charge in [0.2, 0.25) is 21.8 Å². The lowest BCUT2D eigenvalue weighted by molar-refractivity contribution is -0.141. The van der Waals surface area contributed by atoms with E-state index in [-0.39, 0.29) is 23.8 Å². The van der Waals surface area contributed by atoms with E-state index in [9.17, 15) is 18.0 Å². The van der Waals surface area contributed by atoms with Gasteiger partial charge in [-0.15, -0.1) is 0 Å². The smallest absolute Gasteiger partial charge is 0.243 e. The molecule has 0 bridgehead atoms. The Morgan fingerprint density at radius 2 is 1.50 bits per heavy atom. The first-order valence-electron chi connectivity index (χ1n) is 11.8. The Labute approximate surface area is 238 Å². The molecule has 3 aromatic carbocycles. The molecule has 7 nitrogen and oxygen atoms in total. The lowest BCUT2D eigenvalue weighted by Crippen LogP contribution is -2.53. The fraction of sp³-hybridized carbons (Fsp3) is 0.259. The molecule has 202 valence electrons. The maximum absolute atomic E-state index is 13.8. The number of amides is 2. The van der Waals surface area contributed by atoms with Gasteiger partial charge in [-0.1, -0.05) is 71.2 Å². The van der Waals surface area contributed by atoms with Gasteiger partial charge in [-0.25, -0.2) is 8.42 Å². The monoisotopic (exact) mass is 595 g/mol. The summed E-state index contributed by atoms with van der Waals surface area (Å²) in [6.45, 7) is 1.52. The Kier molecular flexibility index (Phi) is 10.6. The van der Waals surface area contributed by atoms with Gasteiger partial charge in [-0.05, 0) is 48.9 Å². The van der Waals surface area contributed by atoms with E-state index in [1.807, 2.05) is 30.3 Å². The zero-order valence-corrected chi connectivity index (χ0v) is 24.0. The number of nitrogens with one attached hydrogen (secondary N) is 1. The molecule has 0 aliphatic carbocycles. The lowest BCUT2D eigenvalue weighted by Gasteiger charge is -2.33. The van der Waals surface area contributed by atoms with Crippen molar-refractivity contribution < 1.29 is 18.0 Å². The lowest BCUT2D eigenvalue weighted by atomic mass is 10.0. The van der Waals surface area contributed by atoms with Gasteiger partial charge in [0, 0.05) is 47.2 Å². The van der Waals surface area contributed by atoms with Crippen LogP contribution in [0.3, 0.4) is 0 Å². The largest absolute Gasteiger partial charge is 0.355 e. The molecule has 1 N–H and O–H groups in total. The van der Waals surface area contributed by atoms with Crippen molar-refractivity contribution in [3.8, 4) is 0 Å². The third-order valence-electron chi connectivity index (χ3n) is 5.89. The van der Waals surface area contributed by atoms with Crippen molar-refractivity contribution in [2.24, 2.45) is 0 Å². The van der Waals surface area contributed by atoms with Crippen LogP contribution in [0.25, 0.3) is 0 Å². The number of hydrogen-bond acceptors (Lipinski definition) is 4. The van der Waals surface area contributed by atoms with Crippen LogP contribution in [0.4, 0.5) is 0 Å². The molecule has 2 amide bonds. The molecule has 0 aliphatic rings. The molecule has 38 heavy (non-hydrogen) atoms. The Hall–Kier alpha value is -2.62. The van der Waals surface area contributed by atoms with E-state index >= 15 is 0 Å².